The van der Waals surface area contributed by atoms with Gasteiger partial charge in [0.05, 0.1) is 6.54 Å². The molecule has 1 aliphatic carbocycles. The van der Waals surface area contributed by atoms with Crippen molar-refractivity contribution in [1.29, 1.82) is 0 Å². The highest BCUT2D eigenvalue weighted by atomic mass is 79.9. The Morgan fingerprint density at radius 1 is 1.35 bits per heavy atom. The molecule has 1 aliphatic rings. The minimum atomic E-state index is -4.14. The van der Waals surface area contributed by atoms with Crippen molar-refractivity contribution >= 4 is 15.9 Å². The molecule has 6 heteroatoms. The van der Waals surface area contributed by atoms with Crippen LogP contribution >= 0.6 is 15.9 Å². The van der Waals surface area contributed by atoms with Crippen molar-refractivity contribution in [2.45, 2.75) is 38.1 Å². The molecule has 1 aromatic rings. The van der Waals surface area contributed by atoms with E-state index in [1.54, 1.807) is 0 Å². The van der Waals surface area contributed by atoms with Gasteiger partial charge in [0, 0.05) is 23.6 Å². The Labute approximate surface area is 125 Å². The molecule has 0 amide bonds. The van der Waals surface area contributed by atoms with E-state index in [9.17, 15) is 13.2 Å². The van der Waals surface area contributed by atoms with E-state index in [1.807, 2.05) is 25.2 Å². The van der Waals surface area contributed by atoms with Crippen LogP contribution in [0.15, 0.2) is 22.7 Å². The van der Waals surface area contributed by atoms with Crippen molar-refractivity contribution < 1.29 is 13.2 Å². The molecule has 1 N–H and O–H groups in total. The van der Waals surface area contributed by atoms with Gasteiger partial charge in [-0.1, -0.05) is 28.1 Å². The molecule has 0 saturated heterocycles. The SMILES string of the molecule is CNCc1ccc(CN(CC(F)(F)F)C2CC2)c(Br)c1. The van der Waals surface area contributed by atoms with Crippen LogP contribution in [-0.2, 0) is 13.1 Å². The lowest BCUT2D eigenvalue weighted by molar-refractivity contribution is -0.148. The van der Waals surface area contributed by atoms with Gasteiger partial charge in [0.15, 0.2) is 0 Å². The molecule has 0 unspecified atom stereocenters. The third-order valence-corrected chi connectivity index (χ3v) is 4.06. The summed E-state index contributed by atoms with van der Waals surface area (Å²) in [5, 5.41) is 3.05. The van der Waals surface area contributed by atoms with Crippen LogP contribution in [0.2, 0.25) is 0 Å². The molecule has 1 fully saturated rings. The average Bonchev–Trinajstić information content (AvgIpc) is 3.14. The summed E-state index contributed by atoms with van der Waals surface area (Å²) in [6, 6.07) is 5.91. The zero-order chi connectivity index (χ0) is 14.8. The minimum Gasteiger partial charge on any atom is -0.316 e. The number of hydrogen-bond donors (Lipinski definition) is 1. The van der Waals surface area contributed by atoms with Crippen LogP contribution in [0.4, 0.5) is 13.2 Å². The second kappa shape index (κ2) is 6.45. The van der Waals surface area contributed by atoms with Crippen LogP contribution in [0, 0.1) is 0 Å². The van der Waals surface area contributed by atoms with Crippen LogP contribution in [-0.4, -0.2) is 30.7 Å². The van der Waals surface area contributed by atoms with E-state index in [-0.39, 0.29) is 6.04 Å². The summed E-state index contributed by atoms with van der Waals surface area (Å²) in [6.45, 7) is 0.251. The number of alkyl halides is 3. The van der Waals surface area contributed by atoms with Gasteiger partial charge in [0.2, 0.25) is 0 Å². The Balaban J connectivity index is 2.06. The van der Waals surface area contributed by atoms with E-state index in [0.717, 1.165) is 35.0 Å². The maximum absolute atomic E-state index is 12.6. The highest BCUT2D eigenvalue weighted by Gasteiger charge is 2.38. The van der Waals surface area contributed by atoms with Crippen molar-refractivity contribution in [1.82, 2.24) is 10.2 Å². The first-order valence-electron chi connectivity index (χ1n) is 6.62. The molecule has 0 aromatic heterocycles. The van der Waals surface area contributed by atoms with E-state index in [1.165, 1.54) is 4.90 Å². The molecule has 0 radical (unpaired) electrons. The Morgan fingerprint density at radius 2 is 2.05 bits per heavy atom. The molecule has 1 saturated carbocycles. The predicted octanol–water partition coefficient (Wildman–Crippen LogP) is 3.70. The fourth-order valence-electron chi connectivity index (χ4n) is 2.24. The summed E-state index contributed by atoms with van der Waals surface area (Å²) in [6.07, 6.45) is -2.40. The van der Waals surface area contributed by atoms with Crippen molar-refractivity contribution in [2.24, 2.45) is 0 Å². The Bertz CT molecular complexity index is 458. The quantitative estimate of drug-likeness (QED) is 0.841. The molecule has 0 atom stereocenters. The molecule has 0 spiro atoms. The fourth-order valence-corrected chi connectivity index (χ4v) is 2.79. The maximum Gasteiger partial charge on any atom is 0.401 e. The second-order valence-electron chi connectivity index (χ2n) is 5.21. The summed E-state index contributed by atoms with van der Waals surface area (Å²) in [5.74, 6) is 0. The van der Waals surface area contributed by atoms with Crippen LogP contribution in [0.5, 0.6) is 0 Å². The van der Waals surface area contributed by atoms with Crippen LogP contribution in [0.1, 0.15) is 24.0 Å². The lowest BCUT2D eigenvalue weighted by atomic mass is 10.1. The number of rotatable bonds is 6. The van der Waals surface area contributed by atoms with E-state index in [4.69, 9.17) is 0 Å². The summed E-state index contributed by atoms with van der Waals surface area (Å²) >= 11 is 3.46. The number of nitrogens with one attached hydrogen (secondary N) is 1. The fraction of sp³-hybridized carbons (Fsp3) is 0.571. The Hall–Kier alpha value is -0.590. The standard InChI is InChI=1S/C14H18BrF3N2/c1-19-7-10-2-3-11(13(15)6-10)8-20(12-4-5-12)9-14(16,17)18/h2-3,6,12,19H,4-5,7-9H2,1H3. The zero-order valence-corrected chi connectivity index (χ0v) is 12.9. The smallest absolute Gasteiger partial charge is 0.316 e. The summed E-state index contributed by atoms with van der Waals surface area (Å²) in [7, 11) is 1.86. The van der Waals surface area contributed by atoms with Gasteiger partial charge < -0.3 is 5.32 Å². The van der Waals surface area contributed by atoms with E-state index in [2.05, 4.69) is 21.2 Å². The molecule has 2 rings (SSSR count). The van der Waals surface area contributed by atoms with Gasteiger partial charge in [0.25, 0.3) is 0 Å². The predicted molar refractivity (Wildman–Crippen MR) is 76.4 cm³/mol. The van der Waals surface area contributed by atoms with E-state index < -0.39 is 12.7 Å². The summed E-state index contributed by atoms with van der Waals surface area (Å²) in [4.78, 5) is 1.53. The van der Waals surface area contributed by atoms with Gasteiger partial charge in [-0.05, 0) is 37.1 Å². The topological polar surface area (TPSA) is 15.3 Å². The van der Waals surface area contributed by atoms with Gasteiger partial charge in [-0.15, -0.1) is 0 Å². The Morgan fingerprint density at radius 3 is 2.55 bits per heavy atom. The molecule has 2 nitrogen and oxygen atoms in total. The largest absolute Gasteiger partial charge is 0.401 e. The number of halogens is 4. The second-order valence-corrected chi connectivity index (χ2v) is 6.06. The normalized spacial score (nSPS) is 15.9. The highest BCUT2D eigenvalue weighted by molar-refractivity contribution is 9.10. The minimum absolute atomic E-state index is 0.0838. The summed E-state index contributed by atoms with van der Waals surface area (Å²) < 4.78 is 38.7. The van der Waals surface area contributed by atoms with Crippen molar-refractivity contribution in [3.05, 3.63) is 33.8 Å². The lowest BCUT2D eigenvalue weighted by Crippen LogP contribution is -2.35. The molecule has 20 heavy (non-hydrogen) atoms. The molecule has 0 heterocycles. The molecular formula is C14H18BrF3N2. The third kappa shape index (κ3) is 4.75. The van der Waals surface area contributed by atoms with Crippen LogP contribution in [0.3, 0.4) is 0 Å². The number of nitrogens with zero attached hydrogens (tertiary/aromatic N) is 1. The maximum atomic E-state index is 12.6. The van der Waals surface area contributed by atoms with E-state index in [0.29, 0.717) is 6.54 Å². The first-order valence-corrected chi connectivity index (χ1v) is 7.41. The van der Waals surface area contributed by atoms with Gasteiger partial charge in [-0.2, -0.15) is 13.2 Å². The van der Waals surface area contributed by atoms with Crippen molar-refractivity contribution in [2.75, 3.05) is 13.6 Å². The molecule has 112 valence electrons. The molecular weight excluding hydrogens is 333 g/mol. The van der Waals surface area contributed by atoms with Crippen molar-refractivity contribution in [3.63, 3.8) is 0 Å². The summed E-state index contributed by atoms with van der Waals surface area (Å²) in [5.41, 5.74) is 2.01. The Kier molecular flexibility index (Phi) is 5.09. The van der Waals surface area contributed by atoms with Gasteiger partial charge >= 0.3 is 6.18 Å². The monoisotopic (exact) mass is 350 g/mol. The number of hydrogen-bond acceptors (Lipinski definition) is 2. The van der Waals surface area contributed by atoms with Crippen LogP contribution in [0.25, 0.3) is 0 Å². The first-order chi connectivity index (χ1) is 9.39. The zero-order valence-electron chi connectivity index (χ0n) is 11.3. The van der Waals surface area contributed by atoms with Gasteiger partial charge in [-0.25, -0.2) is 0 Å². The van der Waals surface area contributed by atoms with Gasteiger partial charge in [0.1, 0.15) is 0 Å². The van der Waals surface area contributed by atoms with Crippen LogP contribution < -0.4 is 5.32 Å². The third-order valence-electron chi connectivity index (χ3n) is 3.32. The van der Waals surface area contributed by atoms with Crippen molar-refractivity contribution in [3.8, 4) is 0 Å². The highest BCUT2D eigenvalue weighted by Crippen LogP contribution is 2.32. The first kappa shape index (κ1) is 15.8. The molecule has 1 aromatic carbocycles. The molecule has 0 bridgehead atoms. The van der Waals surface area contributed by atoms with E-state index >= 15 is 0 Å². The van der Waals surface area contributed by atoms with Gasteiger partial charge in [-0.3, -0.25) is 4.90 Å². The molecule has 0 aliphatic heterocycles. The lowest BCUT2D eigenvalue weighted by Gasteiger charge is -2.24. The average molecular weight is 351 g/mol. The number of benzene rings is 1.